The molecule has 0 radical (unpaired) electrons. The van der Waals surface area contributed by atoms with Crippen LogP contribution in [0.15, 0.2) is 24.3 Å². The van der Waals surface area contributed by atoms with Crippen molar-refractivity contribution in [3.63, 3.8) is 0 Å². The molecule has 0 spiro atoms. The zero-order valence-electron chi connectivity index (χ0n) is 9.50. The molecule has 1 heterocycles. The van der Waals surface area contributed by atoms with Gasteiger partial charge in [-0.2, -0.15) is 0 Å². The van der Waals surface area contributed by atoms with Gasteiger partial charge >= 0.3 is 101 Å². The van der Waals surface area contributed by atoms with E-state index in [4.69, 9.17) is 9.42 Å². The van der Waals surface area contributed by atoms with E-state index >= 15 is 0 Å². The van der Waals surface area contributed by atoms with Crippen molar-refractivity contribution in [2.24, 2.45) is 0 Å². The predicted octanol–water partition coefficient (Wildman–Crippen LogP) is 1.64. The van der Waals surface area contributed by atoms with Gasteiger partial charge in [-0.05, 0) is 0 Å². The molecule has 0 atom stereocenters. The summed E-state index contributed by atoms with van der Waals surface area (Å²) in [6, 6.07) is 8.53. The van der Waals surface area contributed by atoms with E-state index in [0.29, 0.717) is 0 Å². The van der Waals surface area contributed by atoms with E-state index in [2.05, 4.69) is 47.1 Å². The van der Waals surface area contributed by atoms with Crippen molar-refractivity contribution in [3.8, 4) is 0 Å². The molecule has 1 aromatic carbocycles. The fourth-order valence-corrected chi connectivity index (χ4v) is 153. The Labute approximate surface area is 99.6 Å². The molecule has 0 aliphatic carbocycles. The van der Waals surface area contributed by atoms with E-state index in [9.17, 15) is 3.40 Å². The van der Waals surface area contributed by atoms with Crippen molar-refractivity contribution < 1.29 is 13.8 Å². The van der Waals surface area contributed by atoms with Crippen LogP contribution in [0.5, 0.6) is 0 Å². The molecule has 0 aromatic heterocycles. The fourth-order valence-electron chi connectivity index (χ4n) is 2.45. The summed E-state index contributed by atoms with van der Waals surface area (Å²) in [5.41, 5.74) is 9.00. The molecule has 0 saturated heterocycles. The summed E-state index contributed by atoms with van der Waals surface area (Å²) >= 11 is 0. The van der Waals surface area contributed by atoms with E-state index in [1.807, 2.05) is 0 Å². The maximum absolute atomic E-state index is 13.0. The van der Waals surface area contributed by atoms with Crippen molar-refractivity contribution >= 4 is 39.8 Å². The summed E-state index contributed by atoms with van der Waals surface area (Å²) in [4.78, 5) is 0. The summed E-state index contributed by atoms with van der Waals surface area (Å²) in [5.74, 6) is 0. The van der Waals surface area contributed by atoms with Crippen LogP contribution >= 0.6 is 9.42 Å². The van der Waals surface area contributed by atoms with Crippen LogP contribution in [-0.4, -0.2) is 21.7 Å². The van der Waals surface area contributed by atoms with E-state index in [1.165, 1.54) is 8.70 Å². The van der Waals surface area contributed by atoms with Gasteiger partial charge in [-0.25, -0.2) is 0 Å². The van der Waals surface area contributed by atoms with Crippen LogP contribution in [0, 0.1) is 0 Å². The Hall–Kier alpha value is 1.12. The standard InChI is InChI=1S/C10H18As2.ClH.Mo.O/c1-11(2)9-7-5-6-8-10(9)12(3)4;;;/h5-8,11-12H,1-4H3;1H;;/q+2;;-1;/p-1. The summed E-state index contributed by atoms with van der Waals surface area (Å²) in [7, 11) is -1.46. The molecule has 0 fully saturated rings. The second-order valence-electron chi connectivity index (χ2n) is 5.05. The molecule has 0 N–H and O–H groups in total. The molecule has 15 heavy (non-hydrogen) atoms. The summed E-state index contributed by atoms with van der Waals surface area (Å²) in [6.45, 7) is 0. The van der Waals surface area contributed by atoms with Gasteiger partial charge in [0.05, 0.1) is 0 Å². The predicted molar refractivity (Wildman–Crippen MR) is 70.0 cm³/mol. The van der Waals surface area contributed by atoms with Gasteiger partial charge in [-0.15, -0.1) is 0 Å². The number of fused-ring (bicyclic) bond motifs is 1. The van der Waals surface area contributed by atoms with Gasteiger partial charge in [0, 0.05) is 0 Å². The number of rotatable bonds is 0. The molecule has 1 aliphatic rings. The number of halogens is 1. The zero-order chi connectivity index (χ0) is 11.5. The maximum atomic E-state index is 13.0. The Morgan fingerprint density at radius 2 is 1.33 bits per heavy atom. The molecule has 0 saturated carbocycles. The van der Waals surface area contributed by atoms with Gasteiger partial charge in [0.1, 0.15) is 0 Å². The normalized spacial score (nSPS) is 35.5. The Kier molecular flexibility index (Phi) is 2.98. The summed E-state index contributed by atoms with van der Waals surface area (Å²) in [6.07, 6.45) is 0. The van der Waals surface area contributed by atoms with E-state index in [-0.39, 0.29) is 0 Å². The molecular weight excluding hydrogens is 417 g/mol. The second-order valence-corrected chi connectivity index (χ2v) is 82.3. The Balaban J connectivity index is 2.84. The topological polar surface area (TPSA) is 17.1 Å². The first-order valence-corrected chi connectivity index (χ1v) is 31.1. The Bertz CT molecular complexity index is 431. The van der Waals surface area contributed by atoms with E-state index in [1.54, 1.807) is 0 Å². The van der Waals surface area contributed by atoms with Gasteiger partial charge in [-0.3, -0.25) is 0 Å². The van der Waals surface area contributed by atoms with Gasteiger partial charge in [0.25, 0.3) is 0 Å². The third kappa shape index (κ3) is 1.47. The fraction of sp³-hybridized carbons (Fsp3) is 0.400. The van der Waals surface area contributed by atoms with E-state index in [0.717, 1.165) is 0 Å². The van der Waals surface area contributed by atoms with Crippen LogP contribution in [0.2, 0.25) is 22.8 Å². The number of hydrogen-bond donors (Lipinski definition) is 0. The van der Waals surface area contributed by atoms with Crippen LogP contribution in [0.4, 0.5) is 0 Å². The second kappa shape index (κ2) is 3.55. The van der Waals surface area contributed by atoms with Crippen molar-refractivity contribution in [3.05, 3.63) is 24.3 Å². The monoisotopic (exact) mass is 437 g/mol. The van der Waals surface area contributed by atoms with Crippen molar-refractivity contribution in [1.29, 1.82) is 0 Å². The van der Waals surface area contributed by atoms with E-state index < -0.39 is 32.1 Å². The molecule has 0 bridgehead atoms. The minimum absolute atomic E-state index is 1.44. The molecule has 1 aromatic rings. The molecule has 5 heteroatoms. The van der Waals surface area contributed by atoms with Crippen LogP contribution < -0.4 is 8.70 Å². The van der Waals surface area contributed by atoms with Gasteiger partial charge < -0.3 is 0 Å². The third-order valence-electron chi connectivity index (χ3n) is 3.54. The Morgan fingerprint density at radius 3 is 1.67 bits per heavy atom. The molecule has 0 amide bonds. The molecule has 2 rings (SSSR count). The summed E-state index contributed by atoms with van der Waals surface area (Å²) in [5, 5.41) is 0. The average Bonchev–Trinajstić information content (AvgIpc) is 2.26. The van der Waals surface area contributed by atoms with Gasteiger partial charge in [-0.1, -0.05) is 0 Å². The first-order chi connectivity index (χ1) is 6.73. The molecule has 0 unspecified atom stereocenters. The van der Waals surface area contributed by atoms with Crippen LogP contribution in [0.1, 0.15) is 0 Å². The van der Waals surface area contributed by atoms with Crippen molar-refractivity contribution in [2.75, 3.05) is 0 Å². The molecule has 1 aliphatic heterocycles. The van der Waals surface area contributed by atoms with Crippen LogP contribution in [-0.2, 0) is 13.8 Å². The third-order valence-corrected chi connectivity index (χ3v) is 146. The molecular formula is C10H18As2ClMoO. The van der Waals surface area contributed by atoms with Gasteiger partial charge in [0.2, 0.25) is 0 Å². The first kappa shape index (κ1) is 12.6. The van der Waals surface area contributed by atoms with Crippen molar-refractivity contribution in [2.45, 2.75) is 22.8 Å². The van der Waals surface area contributed by atoms with Crippen LogP contribution in [0.3, 0.4) is 0 Å². The number of benzene rings is 1. The first-order valence-electron chi connectivity index (χ1n) is 5.06. The average molecular weight is 435 g/mol. The van der Waals surface area contributed by atoms with Crippen LogP contribution in [0.25, 0.3) is 0 Å². The van der Waals surface area contributed by atoms with Crippen molar-refractivity contribution in [1.82, 2.24) is 0 Å². The molecule has 87 valence electrons. The quantitative estimate of drug-likeness (QED) is 0.567. The minimum atomic E-state index is -3.29. The van der Waals surface area contributed by atoms with Gasteiger partial charge in [0.15, 0.2) is 0 Å². The Morgan fingerprint density at radius 1 is 1.00 bits per heavy atom. The summed E-state index contributed by atoms with van der Waals surface area (Å²) < 4.78 is 15.9. The SMILES string of the molecule is C[AsH]1(C)c2ccccc2[AsH](C)(C)[Mo]1(=[O])[Cl]. The molecule has 1 nitrogen and oxygen atoms in total. The zero-order valence-corrected chi connectivity index (χ0v) is 16.5. The number of hydrogen-bond acceptors (Lipinski definition) is 1.